The summed E-state index contributed by atoms with van der Waals surface area (Å²) in [4.78, 5) is 15.6. The van der Waals surface area contributed by atoms with Crippen LogP contribution in [0.4, 0.5) is 36.4 Å². The van der Waals surface area contributed by atoms with Gasteiger partial charge in [-0.25, -0.2) is 17.6 Å². The van der Waals surface area contributed by atoms with E-state index in [0.29, 0.717) is 0 Å². The molecule has 0 aliphatic rings. The number of benzene rings is 1. The van der Waals surface area contributed by atoms with Gasteiger partial charge in [0, 0.05) is 11.9 Å². The number of anilines is 1. The molecular formula is C14H7F7N2O. The standard InChI is InChI=1S/C14H7F7N2O/c1-5-6(3-2-4-22-5)13(24)23-12-10(17)8(15)7(14(19,20)21)9(16)11(12)18/h2-4H,1H3,(H,23,24). The molecular weight excluding hydrogens is 345 g/mol. The highest BCUT2D eigenvalue weighted by atomic mass is 19.4. The van der Waals surface area contributed by atoms with Crippen LogP contribution < -0.4 is 5.32 Å². The second-order valence-corrected chi connectivity index (χ2v) is 4.59. The Labute approximate surface area is 130 Å². The lowest BCUT2D eigenvalue weighted by molar-refractivity contribution is -0.143. The minimum Gasteiger partial charge on any atom is -0.317 e. The molecule has 0 saturated heterocycles. The van der Waals surface area contributed by atoms with E-state index >= 15 is 0 Å². The summed E-state index contributed by atoms with van der Waals surface area (Å²) in [6.07, 6.45) is -4.34. The first-order chi connectivity index (χ1) is 11.1. The predicted octanol–water partition coefficient (Wildman–Crippen LogP) is 4.22. The third-order valence-corrected chi connectivity index (χ3v) is 3.04. The van der Waals surface area contributed by atoms with Gasteiger partial charge < -0.3 is 5.32 Å². The number of amides is 1. The highest BCUT2D eigenvalue weighted by Crippen LogP contribution is 2.38. The number of aromatic nitrogens is 1. The molecule has 0 atom stereocenters. The number of carbonyl (C=O) groups is 1. The zero-order valence-electron chi connectivity index (χ0n) is 11.7. The Hall–Kier alpha value is -2.65. The second kappa shape index (κ2) is 6.10. The van der Waals surface area contributed by atoms with E-state index < -0.39 is 46.6 Å². The van der Waals surface area contributed by atoms with Crippen molar-refractivity contribution in [2.45, 2.75) is 13.1 Å². The molecule has 0 unspecified atom stereocenters. The largest absolute Gasteiger partial charge is 0.422 e. The summed E-state index contributed by atoms with van der Waals surface area (Å²) in [6, 6.07) is 2.51. The highest BCUT2D eigenvalue weighted by Gasteiger charge is 2.42. The summed E-state index contributed by atoms with van der Waals surface area (Å²) in [5, 5.41) is 1.52. The third-order valence-electron chi connectivity index (χ3n) is 3.04. The molecule has 0 spiro atoms. The predicted molar refractivity (Wildman–Crippen MR) is 68.2 cm³/mol. The lowest BCUT2D eigenvalue weighted by atomic mass is 10.1. The molecule has 0 bridgehead atoms. The van der Waals surface area contributed by atoms with E-state index in [1.807, 2.05) is 0 Å². The molecule has 0 saturated carbocycles. The number of alkyl halides is 3. The fourth-order valence-corrected chi connectivity index (χ4v) is 1.90. The quantitative estimate of drug-likeness (QED) is 0.650. The molecule has 3 nitrogen and oxygen atoms in total. The van der Waals surface area contributed by atoms with Crippen molar-refractivity contribution in [2.75, 3.05) is 5.32 Å². The fraction of sp³-hybridized carbons (Fsp3) is 0.143. The van der Waals surface area contributed by atoms with Gasteiger partial charge in [-0.1, -0.05) is 0 Å². The SMILES string of the molecule is Cc1ncccc1C(=O)Nc1c(F)c(F)c(C(F)(F)F)c(F)c1F. The zero-order valence-corrected chi connectivity index (χ0v) is 11.7. The molecule has 0 radical (unpaired) electrons. The van der Waals surface area contributed by atoms with Crippen LogP contribution in [0.3, 0.4) is 0 Å². The zero-order chi connectivity index (χ0) is 18.2. The van der Waals surface area contributed by atoms with E-state index in [1.54, 1.807) is 0 Å². The van der Waals surface area contributed by atoms with Crippen LogP contribution in [-0.4, -0.2) is 10.9 Å². The lowest BCUT2D eigenvalue weighted by Gasteiger charge is -2.15. The Morgan fingerprint density at radius 2 is 1.58 bits per heavy atom. The minimum atomic E-state index is -5.65. The molecule has 0 aliphatic carbocycles. The van der Waals surface area contributed by atoms with Gasteiger partial charge in [-0.05, 0) is 19.1 Å². The molecule has 10 heteroatoms. The maximum atomic E-state index is 13.7. The van der Waals surface area contributed by atoms with Gasteiger partial charge in [0.1, 0.15) is 11.3 Å². The van der Waals surface area contributed by atoms with Gasteiger partial charge in [-0.2, -0.15) is 13.2 Å². The number of hydrogen-bond acceptors (Lipinski definition) is 2. The van der Waals surface area contributed by atoms with Gasteiger partial charge in [-0.3, -0.25) is 9.78 Å². The average molecular weight is 352 g/mol. The van der Waals surface area contributed by atoms with E-state index in [0.717, 1.165) is 0 Å². The molecule has 1 heterocycles. The van der Waals surface area contributed by atoms with Gasteiger partial charge in [0.05, 0.1) is 5.56 Å². The maximum Gasteiger partial charge on any atom is 0.422 e. The average Bonchev–Trinajstić information content (AvgIpc) is 2.48. The Morgan fingerprint density at radius 1 is 1.04 bits per heavy atom. The van der Waals surface area contributed by atoms with Crippen molar-refractivity contribution >= 4 is 11.6 Å². The van der Waals surface area contributed by atoms with E-state index in [2.05, 4.69) is 4.98 Å². The summed E-state index contributed by atoms with van der Waals surface area (Å²) < 4.78 is 91.7. The van der Waals surface area contributed by atoms with Crippen LogP contribution in [-0.2, 0) is 6.18 Å². The van der Waals surface area contributed by atoms with Crippen molar-refractivity contribution < 1.29 is 35.5 Å². The Balaban J connectivity index is 2.53. The van der Waals surface area contributed by atoms with E-state index in [9.17, 15) is 35.5 Å². The number of hydrogen-bond donors (Lipinski definition) is 1. The number of rotatable bonds is 2. The number of carbonyl (C=O) groups excluding carboxylic acids is 1. The van der Waals surface area contributed by atoms with Crippen molar-refractivity contribution in [1.82, 2.24) is 4.98 Å². The third kappa shape index (κ3) is 3.03. The maximum absolute atomic E-state index is 13.7. The number of nitrogens with zero attached hydrogens (tertiary/aromatic N) is 1. The molecule has 2 rings (SSSR count). The molecule has 0 fully saturated rings. The van der Waals surface area contributed by atoms with Crippen molar-refractivity contribution in [1.29, 1.82) is 0 Å². The fourth-order valence-electron chi connectivity index (χ4n) is 1.90. The van der Waals surface area contributed by atoms with Crippen LogP contribution in [0.15, 0.2) is 18.3 Å². The summed E-state index contributed by atoms with van der Waals surface area (Å²) >= 11 is 0. The first-order valence-corrected chi connectivity index (χ1v) is 6.21. The number of halogens is 7. The molecule has 1 aromatic carbocycles. The molecule has 1 aromatic heterocycles. The first-order valence-electron chi connectivity index (χ1n) is 6.21. The van der Waals surface area contributed by atoms with Gasteiger partial charge in [-0.15, -0.1) is 0 Å². The van der Waals surface area contributed by atoms with Crippen LogP contribution in [0, 0.1) is 30.2 Å². The molecule has 2 aromatic rings. The van der Waals surface area contributed by atoms with Crippen molar-refractivity contribution in [3.05, 3.63) is 58.4 Å². The van der Waals surface area contributed by atoms with Gasteiger partial charge in [0.25, 0.3) is 5.91 Å². The van der Waals surface area contributed by atoms with Gasteiger partial charge >= 0.3 is 6.18 Å². The number of aryl methyl sites for hydroxylation is 1. The van der Waals surface area contributed by atoms with E-state index in [1.165, 1.54) is 30.6 Å². The normalized spacial score (nSPS) is 11.5. The summed E-state index contributed by atoms with van der Waals surface area (Å²) in [6.45, 7) is 1.37. The molecule has 24 heavy (non-hydrogen) atoms. The Morgan fingerprint density at radius 3 is 2.04 bits per heavy atom. The second-order valence-electron chi connectivity index (χ2n) is 4.59. The molecule has 0 aliphatic heterocycles. The molecule has 1 N–H and O–H groups in total. The monoisotopic (exact) mass is 352 g/mol. The topological polar surface area (TPSA) is 42.0 Å². The Bertz CT molecular complexity index is 788. The Kier molecular flexibility index (Phi) is 4.50. The van der Waals surface area contributed by atoms with Crippen LogP contribution in [0.25, 0.3) is 0 Å². The number of pyridine rings is 1. The van der Waals surface area contributed by atoms with Crippen molar-refractivity contribution in [3.8, 4) is 0 Å². The smallest absolute Gasteiger partial charge is 0.317 e. The van der Waals surface area contributed by atoms with Gasteiger partial charge in [0.15, 0.2) is 23.3 Å². The minimum absolute atomic E-state index is 0.128. The molecule has 1 amide bonds. The van der Waals surface area contributed by atoms with Crippen molar-refractivity contribution in [3.63, 3.8) is 0 Å². The summed E-state index contributed by atoms with van der Waals surface area (Å²) in [7, 11) is 0. The van der Waals surface area contributed by atoms with E-state index in [4.69, 9.17) is 0 Å². The number of nitrogens with one attached hydrogen (secondary N) is 1. The van der Waals surface area contributed by atoms with Crippen molar-refractivity contribution in [2.24, 2.45) is 0 Å². The highest BCUT2D eigenvalue weighted by molar-refractivity contribution is 6.05. The van der Waals surface area contributed by atoms with Gasteiger partial charge in [0.2, 0.25) is 0 Å². The lowest BCUT2D eigenvalue weighted by Crippen LogP contribution is -2.21. The van der Waals surface area contributed by atoms with Crippen LogP contribution >= 0.6 is 0 Å². The summed E-state index contributed by atoms with van der Waals surface area (Å²) in [5.74, 6) is -11.2. The first kappa shape index (κ1) is 17.7. The van der Waals surface area contributed by atoms with Crippen LogP contribution in [0.2, 0.25) is 0 Å². The molecule has 128 valence electrons. The van der Waals surface area contributed by atoms with Crippen LogP contribution in [0.1, 0.15) is 21.6 Å². The van der Waals surface area contributed by atoms with Crippen LogP contribution in [0.5, 0.6) is 0 Å². The van der Waals surface area contributed by atoms with E-state index in [-0.39, 0.29) is 11.3 Å². The summed E-state index contributed by atoms with van der Waals surface area (Å²) in [5.41, 5.74) is -4.43.